The number of carbonyl (C=O) groups is 1. The molecule has 1 atom stereocenters. The highest BCUT2D eigenvalue weighted by atomic mass is 32.2. The van der Waals surface area contributed by atoms with Gasteiger partial charge in [0.05, 0.1) is 11.2 Å². The number of hydrogen-bond donors (Lipinski definition) is 2. The summed E-state index contributed by atoms with van der Waals surface area (Å²) in [4.78, 5) is 11.0. The summed E-state index contributed by atoms with van der Waals surface area (Å²) in [6.07, 6.45) is 1.83. The van der Waals surface area contributed by atoms with E-state index in [-0.39, 0.29) is 17.2 Å². The maximum absolute atomic E-state index is 11.6. The van der Waals surface area contributed by atoms with Gasteiger partial charge >= 0.3 is 5.97 Å². The number of rotatable bonds is 6. The number of sulfonamides is 1. The van der Waals surface area contributed by atoms with E-state index in [1.807, 2.05) is 20.8 Å². The summed E-state index contributed by atoms with van der Waals surface area (Å²) in [5, 5.41) is 8.75. The largest absolute Gasteiger partial charge is 0.481 e. The van der Waals surface area contributed by atoms with Gasteiger partial charge in [-0.2, -0.15) is 0 Å². The van der Waals surface area contributed by atoms with E-state index in [0.29, 0.717) is 19.3 Å². The van der Waals surface area contributed by atoms with Gasteiger partial charge in [0.25, 0.3) is 0 Å². The smallest absolute Gasteiger partial charge is 0.307 e. The van der Waals surface area contributed by atoms with Crippen molar-refractivity contribution in [3.05, 3.63) is 0 Å². The summed E-state index contributed by atoms with van der Waals surface area (Å²) >= 11 is 0. The van der Waals surface area contributed by atoms with Gasteiger partial charge in [0.1, 0.15) is 0 Å². The Morgan fingerprint density at radius 3 is 2.29 bits per heavy atom. The number of hydrogen-bond acceptors (Lipinski definition) is 3. The van der Waals surface area contributed by atoms with Crippen LogP contribution in [0.4, 0.5) is 0 Å². The highest BCUT2D eigenvalue weighted by Crippen LogP contribution is 2.28. The van der Waals surface area contributed by atoms with Crippen molar-refractivity contribution in [3.63, 3.8) is 0 Å². The van der Waals surface area contributed by atoms with Crippen molar-refractivity contribution >= 4 is 16.0 Å². The van der Waals surface area contributed by atoms with Crippen LogP contribution >= 0.6 is 0 Å². The Kier molecular flexibility index (Phi) is 4.19. The van der Waals surface area contributed by atoms with Crippen LogP contribution in [-0.2, 0) is 14.8 Å². The van der Waals surface area contributed by atoms with Crippen LogP contribution in [0.3, 0.4) is 0 Å². The van der Waals surface area contributed by atoms with Crippen LogP contribution in [0.25, 0.3) is 0 Å². The first-order chi connectivity index (χ1) is 7.62. The summed E-state index contributed by atoms with van der Waals surface area (Å²) in [6.45, 7) is 5.82. The molecule has 0 saturated heterocycles. The molecule has 5 nitrogen and oxygen atoms in total. The van der Waals surface area contributed by atoms with E-state index in [1.165, 1.54) is 0 Å². The molecule has 0 aromatic rings. The molecule has 0 spiro atoms. The highest BCUT2D eigenvalue weighted by Gasteiger charge is 2.36. The van der Waals surface area contributed by atoms with Crippen molar-refractivity contribution in [2.24, 2.45) is 11.3 Å². The topological polar surface area (TPSA) is 83.5 Å². The Balaban J connectivity index is 2.53. The first-order valence-electron chi connectivity index (χ1n) is 5.83. The maximum atomic E-state index is 11.6. The molecule has 1 unspecified atom stereocenters. The SMILES string of the molecule is CC(C)(C)CC(CNS(=O)(=O)C1CC1)C(=O)O. The molecule has 1 saturated carbocycles. The van der Waals surface area contributed by atoms with Gasteiger partial charge in [-0.1, -0.05) is 20.8 Å². The third kappa shape index (κ3) is 5.04. The molecule has 17 heavy (non-hydrogen) atoms. The fourth-order valence-electron chi connectivity index (χ4n) is 1.70. The normalized spacial score (nSPS) is 19.0. The van der Waals surface area contributed by atoms with Crippen molar-refractivity contribution in [3.8, 4) is 0 Å². The Bertz CT molecular complexity index is 379. The lowest BCUT2D eigenvalue weighted by Crippen LogP contribution is -2.36. The first kappa shape index (κ1) is 14.4. The molecular formula is C11H21NO4S. The molecular weight excluding hydrogens is 242 g/mol. The molecule has 1 rings (SSSR count). The zero-order valence-electron chi connectivity index (χ0n) is 10.6. The lowest BCUT2D eigenvalue weighted by molar-refractivity contribution is -0.142. The maximum Gasteiger partial charge on any atom is 0.307 e. The van der Waals surface area contributed by atoms with E-state index < -0.39 is 21.9 Å². The van der Waals surface area contributed by atoms with Gasteiger partial charge in [0, 0.05) is 6.54 Å². The molecule has 0 aromatic carbocycles. The lowest BCUT2D eigenvalue weighted by Gasteiger charge is -2.23. The molecule has 0 bridgehead atoms. The number of aliphatic carboxylic acids is 1. The van der Waals surface area contributed by atoms with Crippen LogP contribution in [-0.4, -0.2) is 31.3 Å². The predicted octanol–water partition coefficient (Wildman–Crippen LogP) is 1.21. The van der Waals surface area contributed by atoms with E-state index in [4.69, 9.17) is 5.11 Å². The molecule has 0 aromatic heterocycles. The molecule has 1 aliphatic carbocycles. The average molecular weight is 263 g/mol. The molecule has 2 N–H and O–H groups in total. The van der Waals surface area contributed by atoms with Crippen LogP contribution in [0.15, 0.2) is 0 Å². The van der Waals surface area contributed by atoms with E-state index in [9.17, 15) is 13.2 Å². The summed E-state index contributed by atoms with van der Waals surface area (Å²) in [5.74, 6) is -1.61. The minimum absolute atomic E-state index is 0.00850. The van der Waals surface area contributed by atoms with Crippen LogP contribution in [0.2, 0.25) is 0 Å². The van der Waals surface area contributed by atoms with Crippen LogP contribution in [0.1, 0.15) is 40.0 Å². The van der Waals surface area contributed by atoms with Crippen LogP contribution < -0.4 is 4.72 Å². The van der Waals surface area contributed by atoms with Gasteiger partial charge in [0.2, 0.25) is 10.0 Å². The summed E-state index contributed by atoms with van der Waals surface area (Å²) in [6, 6.07) is 0. The standard InChI is InChI=1S/C11H21NO4S/c1-11(2,3)6-8(10(13)14)7-12-17(15,16)9-4-5-9/h8-9,12H,4-7H2,1-3H3,(H,13,14). The van der Waals surface area contributed by atoms with Crippen molar-refractivity contribution in [2.75, 3.05) is 6.54 Å². The molecule has 0 heterocycles. The van der Waals surface area contributed by atoms with Gasteiger partial charge in [-0.15, -0.1) is 0 Å². The number of carboxylic acids is 1. The predicted molar refractivity (Wildman–Crippen MR) is 65.1 cm³/mol. The minimum atomic E-state index is -3.28. The van der Waals surface area contributed by atoms with Crippen molar-refractivity contribution in [2.45, 2.75) is 45.3 Å². The Morgan fingerprint density at radius 2 is 1.94 bits per heavy atom. The summed E-state index contributed by atoms with van der Waals surface area (Å²) in [5.41, 5.74) is -0.131. The van der Waals surface area contributed by atoms with Crippen LogP contribution in [0.5, 0.6) is 0 Å². The Labute approximate surface area is 103 Å². The summed E-state index contributed by atoms with van der Waals surface area (Å²) in [7, 11) is -3.28. The molecule has 1 fully saturated rings. The quantitative estimate of drug-likeness (QED) is 0.754. The second kappa shape index (κ2) is 4.94. The Hall–Kier alpha value is -0.620. The zero-order valence-corrected chi connectivity index (χ0v) is 11.4. The first-order valence-corrected chi connectivity index (χ1v) is 7.38. The van der Waals surface area contributed by atoms with Gasteiger partial charge in [-0.05, 0) is 24.7 Å². The molecule has 100 valence electrons. The number of nitrogens with one attached hydrogen (secondary N) is 1. The monoisotopic (exact) mass is 263 g/mol. The Morgan fingerprint density at radius 1 is 1.41 bits per heavy atom. The highest BCUT2D eigenvalue weighted by molar-refractivity contribution is 7.90. The average Bonchev–Trinajstić information content (AvgIpc) is 2.92. The van der Waals surface area contributed by atoms with E-state index in [0.717, 1.165) is 0 Å². The zero-order chi connectivity index (χ0) is 13.3. The molecule has 6 heteroatoms. The summed E-state index contributed by atoms with van der Waals surface area (Å²) < 4.78 is 25.6. The van der Waals surface area contributed by atoms with Gasteiger partial charge in [0.15, 0.2) is 0 Å². The van der Waals surface area contributed by atoms with Gasteiger partial charge in [-0.25, -0.2) is 13.1 Å². The van der Waals surface area contributed by atoms with E-state index >= 15 is 0 Å². The third-order valence-corrected chi connectivity index (χ3v) is 4.62. The lowest BCUT2D eigenvalue weighted by atomic mass is 9.85. The number of carboxylic acid groups (broad SMARTS) is 1. The van der Waals surface area contributed by atoms with Gasteiger partial charge in [-0.3, -0.25) is 4.79 Å². The van der Waals surface area contributed by atoms with Crippen LogP contribution in [0, 0.1) is 11.3 Å². The fraction of sp³-hybridized carbons (Fsp3) is 0.909. The van der Waals surface area contributed by atoms with Gasteiger partial charge < -0.3 is 5.11 Å². The fourth-order valence-corrected chi connectivity index (χ4v) is 3.12. The molecule has 0 radical (unpaired) electrons. The van der Waals surface area contributed by atoms with E-state index in [2.05, 4.69) is 4.72 Å². The minimum Gasteiger partial charge on any atom is -0.481 e. The second-order valence-corrected chi connectivity index (χ2v) is 7.94. The molecule has 0 amide bonds. The molecule has 0 aliphatic heterocycles. The van der Waals surface area contributed by atoms with Crippen molar-refractivity contribution in [1.29, 1.82) is 0 Å². The van der Waals surface area contributed by atoms with E-state index in [1.54, 1.807) is 0 Å². The van der Waals surface area contributed by atoms with Crippen molar-refractivity contribution < 1.29 is 18.3 Å². The third-order valence-electron chi connectivity index (χ3n) is 2.70. The second-order valence-electron chi connectivity index (χ2n) is 5.89. The van der Waals surface area contributed by atoms with Crippen molar-refractivity contribution in [1.82, 2.24) is 4.72 Å². The molecule has 1 aliphatic rings.